The quantitative estimate of drug-likeness (QED) is 0.809. The molecule has 0 aliphatic heterocycles. The van der Waals surface area contributed by atoms with Gasteiger partial charge in [-0.05, 0) is 50.4 Å². The summed E-state index contributed by atoms with van der Waals surface area (Å²) in [5, 5.41) is 3.38. The van der Waals surface area contributed by atoms with Gasteiger partial charge in [0.1, 0.15) is 0 Å². The molecule has 3 nitrogen and oxygen atoms in total. The van der Waals surface area contributed by atoms with Gasteiger partial charge < -0.3 is 10.1 Å². The van der Waals surface area contributed by atoms with Crippen molar-refractivity contribution >= 4 is 5.97 Å². The number of carbonyl (C=O) groups excluding carboxylic acids is 1. The van der Waals surface area contributed by atoms with E-state index in [1.807, 2.05) is 26.1 Å². The molecule has 0 unspecified atom stereocenters. The van der Waals surface area contributed by atoms with Gasteiger partial charge in [-0.25, -0.2) is 4.79 Å². The Morgan fingerprint density at radius 3 is 2.65 bits per heavy atom. The normalized spacial score (nSPS) is 16.6. The first kappa shape index (κ1) is 12.1. The van der Waals surface area contributed by atoms with Crippen LogP contribution in [-0.4, -0.2) is 25.7 Å². The topological polar surface area (TPSA) is 38.3 Å². The highest BCUT2D eigenvalue weighted by atomic mass is 16.5. The summed E-state index contributed by atoms with van der Waals surface area (Å²) in [7, 11) is 3.43. The van der Waals surface area contributed by atoms with Crippen LogP contribution in [0.15, 0.2) is 18.2 Å². The van der Waals surface area contributed by atoms with Gasteiger partial charge in [0.2, 0.25) is 0 Å². The molecule has 0 atom stereocenters. The average molecular weight is 233 g/mol. The number of carbonyl (C=O) groups is 1. The van der Waals surface area contributed by atoms with Gasteiger partial charge in [-0.1, -0.05) is 12.1 Å². The number of hydrogen-bond donors (Lipinski definition) is 1. The molecule has 92 valence electrons. The molecule has 1 saturated carbocycles. The Morgan fingerprint density at radius 1 is 1.47 bits per heavy atom. The van der Waals surface area contributed by atoms with E-state index in [0.717, 1.165) is 12.0 Å². The number of esters is 1. The second-order valence-electron chi connectivity index (χ2n) is 4.85. The summed E-state index contributed by atoms with van der Waals surface area (Å²) in [6.07, 6.45) is 3.51. The molecule has 17 heavy (non-hydrogen) atoms. The van der Waals surface area contributed by atoms with Crippen molar-refractivity contribution in [3.05, 3.63) is 34.9 Å². The van der Waals surface area contributed by atoms with Gasteiger partial charge in [-0.3, -0.25) is 0 Å². The van der Waals surface area contributed by atoms with E-state index in [0.29, 0.717) is 11.1 Å². The number of methoxy groups -OCH3 is 1. The summed E-state index contributed by atoms with van der Waals surface area (Å²) >= 11 is 0. The highest BCUT2D eigenvalue weighted by Gasteiger charge is 2.40. The fourth-order valence-corrected chi connectivity index (χ4v) is 2.23. The second kappa shape index (κ2) is 4.49. The molecule has 1 aromatic rings. The van der Waals surface area contributed by atoms with Crippen molar-refractivity contribution < 1.29 is 9.53 Å². The van der Waals surface area contributed by atoms with Crippen LogP contribution in [0.5, 0.6) is 0 Å². The number of likely N-dealkylation sites (N-methyl/N-ethyl adjacent to an activating group) is 1. The average Bonchev–Trinajstić information content (AvgIpc) is 3.09. The van der Waals surface area contributed by atoms with E-state index >= 15 is 0 Å². The van der Waals surface area contributed by atoms with E-state index in [-0.39, 0.29) is 5.97 Å². The molecule has 1 aromatic carbocycles. The van der Waals surface area contributed by atoms with Crippen LogP contribution in [0, 0.1) is 6.92 Å². The maximum atomic E-state index is 11.5. The predicted octanol–water partition coefficient (Wildman–Crippen LogP) is 2.08. The van der Waals surface area contributed by atoms with Gasteiger partial charge in [0.05, 0.1) is 12.7 Å². The number of nitrogens with one attached hydrogen (secondary N) is 1. The lowest BCUT2D eigenvalue weighted by Crippen LogP contribution is -2.29. The molecule has 1 fully saturated rings. The molecule has 3 heteroatoms. The fraction of sp³-hybridized carbons (Fsp3) is 0.500. The smallest absolute Gasteiger partial charge is 0.338 e. The number of hydrogen-bond acceptors (Lipinski definition) is 3. The molecule has 0 heterocycles. The first-order valence-corrected chi connectivity index (χ1v) is 5.97. The lowest BCUT2D eigenvalue weighted by atomic mass is 9.99. The largest absolute Gasteiger partial charge is 0.465 e. The van der Waals surface area contributed by atoms with Crippen molar-refractivity contribution in [1.82, 2.24) is 5.32 Å². The molecule has 0 amide bonds. The zero-order chi connectivity index (χ0) is 12.5. The molecule has 0 saturated heterocycles. The molecule has 1 aliphatic rings. The molecular weight excluding hydrogens is 214 g/mol. The predicted molar refractivity (Wildman–Crippen MR) is 67.2 cm³/mol. The van der Waals surface area contributed by atoms with Crippen molar-refractivity contribution in [3.63, 3.8) is 0 Å². The molecule has 0 bridgehead atoms. The number of ether oxygens (including phenoxy) is 1. The van der Waals surface area contributed by atoms with Crippen LogP contribution in [0.3, 0.4) is 0 Å². The third-order valence-electron chi connectivity index (χ3n) is 3.62. The Labute approximate surface area is 102 Å². The molecule has 1 aliphatic carbocycles. The summed E-state index contributed by atoms with van der Waals surface area (Å²) in [6, 6.07) is 5.97. The van der Waals surface area contributed by atoms with Crippen LogP contribution in [0.4, 0.5) is 0 Å². The van der Waals surface area contributed by atoms with Crippen LogP contribution >= 0.6 is 0 Å². The minimum Gasteiger partial charge on any atom is -0.465 e. The van der Waals surface area contributed by atoms with Crippen molar-refractivity contribution in [1.29, 1.82) is 0 Å². The fourth-order valence-electron chi connectivity index (χ4n) is 2.23. The Morgan fingerprint density at radius 2 is 2.18 bits per heavy atom. The Balaban J connectivity index is 2.16. The van der Waals surface area contributed by atoms with Crippen molar-refractivity contribution in [2.24, 2.45) is 0 Å². The third kappa shape index (κ3) is 2.50. The van der Waals surface area contributed by atoms with Gasteiger partial charge in [-0.2, -0.15) is 0 Å². The molecular formula is C14H19NO2. The van der Waals surface area contributed by atoms with E-state index in [2.05, 4.69) is 11.4 Å². The van der Waals surface area contributed by atoms with E-state index in [1.165, 1.54) is 25.5 Å². The summed E-state index contributed by atoms with van der Waals surface area (Å²) in [6.45, 7) is 1.95. The molecule has 0 radical (unpaired) electrons. The summed E-state index contributed by atoms with van der Waals surface area (Å²) < 4.78 is 4.74. The minimum atomic E-state index is -0.260. The van der Waals surface area contributed by atoms with Gasteiger partial charge >= 0.3 is 5.97 Å². The highest BCUT2D eigenvalue weighted by molar-refractivity contribution is 5.90. The first-order chi connectivity index (χ1) is 8.10. The molecule has 0 spiro atoms. The first-order valence-electron chi connectivity index (χ1n) is 5.97. The lowest BCUT2D eigenvalue weighted by Gasteiger charge is -2.15. The molecule has 2 rings (SSSR count). The van der Waals surface area contributed by atoms with E-state index in [1.54, 1.807) is 0 Å². The lowest BCUT2D eigenvalue weighted by molar-refractivity contribution is 0.0600. The summed E-state index contributed by atoms with van der Waals surface area (Å²) in [4.78, 5) is 11.5. The Kier molecular flexibility index (Phi) is 3.20. The third-order valence-corrected chi connectivity index (χ3v) is 3.62. The van der Waals surface area contributed by atoms with E-state index in [9.17, 15) is 4.79 Å². The van der Waals surface area contributed by atoms with Crippen LogP contribution in [0.25, 0.3) is 0 Å². The number of aryl methyl sites for hydroxylation is 1. The maximum Gasteiger partial charge on any atom is 0.338 e. The minimum absolute atomic E-state index is 0.260. The SMILES string of the molecule is CNC1(Cc2ccc(C(=O)OC)c(C)c2)CC1. The molecule has 0 aromatic heterocycles. The monoisotopic (exact) mass is 233 g/mol. The summed E-state index contributed by atoms with van der Waals surface area (Å²) in [5.41, 5.74) is 3.23. The van der Waals surface area contributed by atoms with Crippen molar-refractivity contribution in [2.45, 2.75) is 31.7 Å². The van der Waals surface area contributed by atoms with Gasteiger partial charge in [0, 0.05) is 5.54 Å². The Bertz CT molecular complexity index is 436. The van der Waals surface area contributed by atoms with E-state index < -0.39 is 0 Å². The second-order valence-corrected chi connectivity index (χ2v) is 4.85. The Hall–Kier alpha value is -1.35. The van der Waals surface area contributed by atoms with Crippen LogP contribution in [-0.2, 0) is 11.2 Å². The van der Waals surface area contributed by atoms with Crippen molar-refractivity contribution in [2.75, 3.05) is 14.2 Å². The summed E-state index contributed by atoms with van der Waals surface area (Å²) in [5.74, 6) is -0.260. The maximum absolute atomic E-state index is 11.5. The standard InChI is InChI=1S/C14H19NO2/c1-10-8-11(9-14(15-2)6-7-14)4-5-12(10)13(16)17-3/h4-5,8,15H,6-7,9H2,1-3H3. The highest BCUT2D eigenvalue weighted by Crippen LogP contribution is 2.38. The molecule has 1 N–H and O–H groups in total. The van der Waals surface area contributed by atoms with Gasteiger partial charge in [-0.15, -0.1) is 0 Å². The zero-order valence-corrected chi connectivity index (χ0v) is 10.7. The number of benzene rings is 1. The number of rotatable bonds is 4. The van der Waals surface area contributed by atoms with Gasteiger partial charge in [0.25, 0.3) is 0 Å². The van der Waals surface area contributed by atoms with Crippen LogP contribution in [0.1, 0.15) is 34.3 Å². The van der Waals surface area contributed by atoms with Gasteiger partial charge in [0.15, 0.2) is 0 Å². The van der Waals surface area contributed by atoms with Crippen LogP contribution < -0.4 is 5.32 Å². The zero-order valence-electron chi connectivity index (χ0n) is 10.7. The van der Waals surface area contributed by atoms with Crippen LogP contribution in [0.2, 0.25) is 0 Å². The van der Waals surface area contributed by atoms with E-state index in [4.69, 9.17) is 4.74 Å². The van der Waals surface area contributed by atoms with Crippen molar-refractivity contribution in [3.8, 4) is 0 Å².